The molecule has 8 nitrogen and oxygen atoms in total. The van der Waals surface area contributed by atoms with Gasteiger partial charge in [0.15, 0.2) is 17.3 Å². The van der Waals surface area contributed by atoms with Crippen LogP contribution in [-0.4, -0.2) is 48.4 Å². The molecule has 0 saturated carbocycles. The van der Waals surface area contributed by atoms with Crippen LogP contribution in [0.4, 0.5) is 0 Å². The number of hydrogen-bond donors (Lipinski definition) is 1. The topological polar surface area (TPSA) is 87.9 Å². The molecule has 0 radical (unpaired) electrons. The van der Waals surface area contributed by atoms with E-state index in [2.05, 4.69) is 15.5 Å². The number of rotatable bonds is 4. The van der Waals surface area contributed by atoms with E-state index in [0.717, 1.165) is 56.8 Å². The highest BCUT2D eigenvalue weighted by atomic mass is 16.7. The molecule has 0 aliphatic carbocycles. The first-order valence-corrected chi connectivity index (χ1v) is 9.47. The minimum Gasteiger partial charge on any atom is -0.454 e. The summed E-state index contributed by atoms with van der Waals surface area (Å²) in [4.78, 5) is 4.51. The molecule has 0 amide bonds. The van der Waals surface area contributed by atoms with Gasteiger partial charge in [0.2, 0.25) is 6.79 Å². The third-order valence-corrected chi connectivity index (χ3v) is 5.53. The van der Waals surface area contributed by atoms with Crippen LogP contribution < -0.4 is 14.8 Å². The Labute approximate surface area is 157 Å². The van der Waals surface area contributed by atoms with E-state index in [4.69, 9.17) is 23.5 Å². The molecule has 2 saturated heterocycles. The van der Waals surface area contributed by atoms with Gasteiger partial charge in [-0.25, -0.2) is 0 Å². The zero-order chi connectivity index (χ0) is 18.1. The molecule has 3 aliphatic rings. The Kier molecular flexibility index (Phi) is 4.47. The zero-order valence-electron chi connectivity index (χ0n) is 15.1. The van der Waals surface area contributed by atoms with E-state index in [1.165, 1.54) is 0 Å². The maximum Gasteiger partial charge on any atom is 0.258 e. The van der Waals surface area contributed by atoms with Gasteiger partial charge in [0.05, 0.1) is 12.1 Å². The highest BCUT2D eigenvalue weighted by Crippen LogP contribution is 2.36. The predicted molar refractivity (Wildman–Crippen MR) is 94.5 cm³/mol. The maximum atomic E-state index is 6.10. The van der Waals surface area contributed by atoms with Crippen LogP contribution in [0.25, 0.3) is 11.5 Å². The molecule has 5 rings (SSSR count). The number of ether oxygens (including phenoxy) is 4. The highest BCUT2D eigenvalue weighted by Gasteiger charge is 2.38. The second-order valence-corrected chi connectivity index (χ2v) is 7.30. The average molecular weight is 373 g/mol. The molecule has 1 spiro atoms. The van der Waals surface area contributed by atoms with Crippen molar-refractivity contribution in [1.82, 2.24) is 15.5 Å². The van der Waals surface area contributed by atoms with Crippen LogP contribution in [0.15, 0.2) is 22.7 Å². The molecule has 0 unspecified atom stereocenters. The first-order valence-electron chi connectivity index (χ1n) is 9.47. The number of aromatic nitrogens is 2. The summed E-state index contributed by atoms with van der Waals surface area (Å²) >= 11 is 0. The lowest BCUT2D eigenvalue weighted by Gasteiger charge is -2.43. The molecule has 4 heterocycles. The fraction of sp³-hybridized carbons (Fsp3) is 0.579. The Bertz CT molecular complexity index is 797. The molecule has 27 heavy (non-hydrogen) atoms. The Hall–Kier alpha value is -2.16. The van der Waals surface area contributed by atoms with E-state index in [9.17, 15) is 0 Å². The molecule has 2 fully saturated rings. The number of fused-ring (bicyclic) bond motifs is 1. The van der Waals surface area contributed by atoms with Crippen molar-refractivity contribution >= 4 is 0 Å². The van der Waals surface area contributed by atoms with Crippen molar-refractivity contribution in [1.29, 1.82) is 0 Å². The summed E-state index contributed by atoms with van der Waals surface area (Å²) in [7, 11) is 0. The number of hydrogen-bond acceptors (Lipinski definition) is 8. The second-order valence-electron chi connectivity index (χ2n) is 7.30. The van der Waals surface area contributed by atoms with E-state index in [1.54, 1.807) is 0 Å². The Morgan fingerprint density at radius 1 is 1.11 bits per heavy atom. The fourth-order valence-corrected chi connectivity index (χ4v) is 4.00. The largest absolute Gasteiger partial charge is 0.454 e. The summed E-state index contributed by atoms with van der Waals surface area (Å²) in [5.41, 5.74) is 0.800. The number of nitrogens with zero attached hydrogens (tertiary/aromatic N) is 2. The third kappa shape index (κ3) is 3.52. The van der Waals surface area contributed by atoms with Crippen molar-refractivity contribution in [2.45, 2.75) is 43.9 Å². The molecule has 1 N–H and O–H groups in total. The standard InChI is InChI=1S/C19H23N3O5/c1-2-15-16(25-12-24-15)9-13(1)18-21-17(22-27-18)11-20-14-3-6-26-19(10-14)4-7-23-8-5-19/h1-2,9,14,20H,3-8,10-12H2/t14-/m1/s1. The van der Waals surface area contributed by atoms with Crippen LogP contribution in [0.5, 0.6) is 11.5 Å². The van der Waals surface area contributed by atoms with Crippen LogP contribution >= 0.6 is 0 Å². The summed E-state index contributed by atoms with van der Waals surface area (Å²) in [6, 6.07) is 6.01. The van der Waals surface area contributed by atoms with E-state index in [-0.39, 0.29) is 12.4 Å². The van der Waals surface area contributed by atoms with Crippen molar-refractivity contribution in [3.63, 3.8) is 0 Å². The van der Waals surface area contributed by atoms with Gasteiger partial charge in [-0.2, -0.15) is 4.98 Å². The number of nitrogens with one attached hydrogen (secondary N) is 1. The fourth-order valence-electron chi connectivity index (χ4n) is 4.00. The Morgan fingerprint density at radius 3 is 2.93 bits per heavy atom. The number of benzene rings is 1. The van der Waals surface area contributed by atoms with E-state index >= 15 is 0 Å². The van der Waals surface area contributed by atoms with Crippen molar-refractivity contribution in [3.8, 4) is 23.0 Å². The minimum atomic E-state index is -0.0247. The highest BCUT2D eigenvalue weighted by molar-refractivity contribution is 5.60. The first kappa shape index (κ1) is 17.0. The van der Waals surface area contributed by atoms with Crippen LogP contribution in [0, 0.1) is 0 Å². The molecule has 1 aromatic heterocycles. The van der Waals surface area contributed by atoms with Crippen molar-refractivity contribution < 1.29 is 23.5 Å². The molecule has 1 atom stereocenters. The van der Waals surface area contributed by atoms with Gasteiger partial charge in [-0.05, 0) is 43.9 Å². The van der Waals surface area contributed by atoms with Gasteiger partial charge in [-0.3, -0.25) is 0 Å². The van der Waals surface area contributed by atoms with Crippen molar-refractivity contribution in [3.05, 3.63) is 24.0 Å². The molecule has 0 bridgehead atoms. The van der Waals surface area contributed by atoms with Gasteiger partial charge >= 0.3 is 0 Å². The monoisotopic (exact) mass is 373 g/mol. The second kappa shape index (κ2) is 7.10. The van der Waals surface area contributed by atoms with Gasteiger partial charge in [-0.1, -0.05) is 5.16 Å². The van der Waals surface area contributed by atoms with E-state index in [0.29, 0.717) is 30.1 Å². The van der Waals surface area contributed by atoms with Crippen molar-refractivity contribution in [2.24, 2.45) is 0 Å². The van der Waals surface area contributed by atoms with Gasteiger partial charge in [-0.15, -0.1) is 0 Å². The average Bonchev–Trinajstić information content (AvgIpc) is 3.36. The normalized spacial score (nSPS) is 23.6. The molecule has 144 valence electrons. The summed E-state index contributed by atoms with van der Waals surface area (Å²) in [5.74, 6) is 2.57. The van der Waals surface area contributed by atoms with Crippen LogP contribution in [0.3, 0.4) is 0 Å². The molecular weight excluding hydrogens is 350 g/mol. The predicted octanol–water partition coefficient (Wildman–Crippen LogP) is 2.28. The van der Waals surface area contributed by atoms with Gasteiger partial charge in [0.1, 0.15) is 0 Å². The quantitative estimate of drug-likeness (QED) is 0.873. The summed E-state index contributed by atoms with van der Waals surface area (Å²) in [5, 5.41) is 7.67. The van der Waals surface area contributed by atoms with E-state index in [1.807, 2.05) is 18.2 Å². The lowest BCUT2D eigenvalue weighted by molar-refractivity contribution is -0.140. The molecule has 3 aliphatic heterocycles. The summed E-state index contributed by atoms with van der Waals surface area (Å²) < 4.78 is 27.7. The molecule has 1 aromatic carbocycles. The van der Waals surface area contributed by atoms with Crippen molar-refractivity contribution in [2.75, 3.05) is 26.6 Å². The lowest BCUT2D eigenvalue weighted by Crippen LogP contribution is -2.49. The minimum absolute atomic E-state index is 0.0247. The van der Waals surface area contributed by atoms with Gasteiger partial charge in [0.25, 0.3) is 5.89 Å². The Balaban J connectivity index is 1.21. The van der Waals surface area contributed by atoms with Crippen LogP contribution in [0.2, 0.25) is 0 Å². The molecule has 2 aromatic rings. The maximum absolute atomic E-state index is 6.10. The SMILES string of the molecule is c1cc2c(cc1-c1nc(CN[C@@H]3CCOC4(CCOCC4)C3)no1)OCO2. The lowest BCUT2D eigenvalue weighted by atomic mass is 9.84. The molecule has 8 heteroatoms. The Morgan fingerprint density at radius 2 is 2.00 bits per heavy atom. The van der Waals surface area contributed by atoms with Gasteiger partial charge < -0.3 is 28.8 Å². The van der Waals surface area contributed by atoms with Crippen LogP contribution in [-0.2, 0) is 16.0 Å². The molecular formula is C19H23N3O5. The third-order valence-electron chi connectivity index (χ3n) is 5.53. The first-order chi connectivity index (χ1) is 13.3. The van der Waals surface area contributed by atoms with E-state index < -0.39 is 0 Å². The van der Waals surface area contributed by atoms with Crippen LogP contribution in [0.1, 0.15) is 31.5 Å². The van der Waals surface area contributed by atoms with Gasteiger partial charge in [0, 0.05) is 31.4 Å². The smallest absolute Gasteiger partial charge is 0.258 e. The zero-order valence-corrected chi connectivity index (χ0v) is 15.1. The summed E-state index contributed by atoms with van der Waals surface area (Å²) in [6.07, 6.45) is 3.95. The summed E-state index contributed by atoms with van der Waals surface area (Å²) in [6.45, 7) is 3.18.